The van der Waals surface area contributed by atoms with Crippen LogP contribution in [0, 0.1) is 6.92 Å². The van der Waals surface area contributed by atoms with Crippen LogP contribution in [0.5, 0.6) is 0 Å². The molecule has 80 valence electrons. The van der Waals surface area contributed by atoms with E-state index >= 15 is 0 Å². The van der Waals surface area contributed by atoms with E-state index in [1.165, 1.54) is 5.56 Å². The normalized spacial score (nSPS) is 25.3. The van der Waals surface area contributed by atoms with Crippen LogP contribution in [0.1, 0.15) is 24.5 Å². The van der Waals surface area contributed by atoms with E-state index in [1.54, 1.807) is 0 Å². The van der Waals surface area contributed by atoms with E-state index in [4.69, 9.17) is 5.73 Å². The van der Waals surface area contributed by atoms with Gasteiger partial charge in [-0.05, 0) is 30.2 Å². The molecule has 1 aromatic carbocycles. The summed E-state index contributed by atoms with van der Waals surface area (Å²) in [6, 6.07) is 5.89. The minimum Gasteiger partial charge on any atom is -0.399 e. The molecule has 1 amide bonds. The standard InChI is InChI=1S/C12H16N2O/c1-8-5-9(13)3-4-10(8)12(2)6-11(15)14-7-12/h3-5H,6-7,13H2,1-2H3,(H,14,15). The zero-order valence-electron chi connectivity index (χ0n) is 9.13. The van der Waals surface area contributed by atoms with Crippen molar-refractivity contribution in [3.8, 4) is 0 Å². The summed E-state index contributed by atoms with van der Waals surface area (Å²) in [7, 11) is 0. The Balaban J connectivity index is 2.41. The summed E-state index contributed by atoms with van der Waals surface area (Å²) in [5.74, 6) is 0.133. The Morgan fingerprint density at radius 3 is 2.73 bits per heavy atom. The smallest absolute Gasteiger partial charge is 0.220 e. The number of carbonyl (C=O) groups is 1. The maximum absolute atomic E-state index is 11.3. The second kappa shape index (κ2) is 3.26. The largest absolute Gasteiger partial charge is 0.399 e. The van der Waals surface area contributed by atoms with Crippen LogP contribution in [0.3, 0.4) is 0 Å². The van der Waals surface area contributed by atoms with Gasteiger partial charge in [0.1, 0.15) is 0 Å². The molecule has 3 heteroatoms. The van der Waals surface area contributed by atoms with Crippen LogP contribution < -0.4 is 11.1 Å². The molecule has 0 bridgehead atoms. The maximum atomic E-state index is 11.3. The highest BCUT2D eigenvalue weighted by Crippen LogP contribution is 2.33. The molecule has 1 aliphatic heterocycles. The average Bonchev–Trinajstić information content (AvgIpc) is 2.46. The first-order chi connectivity index (χ1) is 7.01. The second-order valence-electron chi connectivity index (χ2n) is 4.59. The maximum Gasteiger partial charge on any atom is 0.220 e. The summed E-state index contributed by atoms with van der Waals surface area (Å²) in [5, 5.41) is 2.88. The molecule has 0 spiro atoms. The predicted molar refractivity (Wildman–Crippen MR) is 60.6 cm³/mol. The SMILES string of the molecule is Cc1cc(N)ccc1C1(C)CNC(=O)C1. The number of nitrogens with one attached hydrogen (secondary N) is 1. The van der Waals surface area contributed by atoms with Gasteiger partial charge in [0.2, 0.25) is 5.91 Å². The molecule has 1 fully saturated rings. The summed E-state index contributed by atoms with van der Waals surface area (Å²) in [6.07, 6.45) is 0.567. The van der Waals surface area contributed by atoms with Crippen molar-refractivity contribution < 1.29 is 4.79 Å². The molecule has 0 radical (unpaired) electrons. The lowest BCUT2D eigenvalue weighted by Gasteiger charge is -2.24. The topological polar surface area (TPSA) is 55.1 Å². The highest BCUT2D eigenvalue weighted by atomic mass is 16.1. The Morgan fingerprint density at radius 2 is 2.20 bits per heavy atom. The number of nitrogens with two attached hydrogens (primary N) is 1. The summed E-state index contributed by atoms with van der Waals surface area (Å²) < 4.78 is 0. The zero-order valence-corrected chi connectivity index (χ0v) is 9.13. The quantitative estimate of drug-likeness (QED) is 0.678. The molecule has 15 heavy (non-hydrogen) atoms. The monoisotopic (exact) mass is 204 g/mol. The Bertz CT molecular complexity index is 414. The van der Waals surface area contributed by atoms with E-state index in [9.17, 15) is 4.79 Å². The Hall–Kier alpha value is -1.51. The van der Waals surface area contributed by atoms with Gasteiger partial charge < -0.3 is 11.1 Å². The fourth-order valence-corrected chi connectivity index (χ4v) is 2.33. The summed E-state index contributed by atoms with van der Waals surface area (Å²) in [5.41, 5.74) is 8.79. The third-order valence-corrected chi connectivity index (χ3v) is 3.13. The molecule has 2 rings (SSSR count). The number of hydrogen-bond donors (Lipinski definition) is 2. The van der Waals surface area contributed by atoms with Gasteiger partial charge in [-0.1, -0.05) is 13.0 Å². The number of hydrogen-bond acceptors (Lipinski definition) is 2. The molecule has 1 heterocycles. The summed E-state index contributed by atoms with van der Waals surface area (Å²) >= 11 is 0. The number of carbonyl (C=O) groups excluding carboxylic acids is 1. The minimum absolute atomic E-state index is 0.0745. The number of rotatable bonds is 1. The lowest BCUT2D eigenvalue weighted by atomic mass is 9.79. The molecule has 1 unspecified atom stereocenters. The van der Waals surface area contributed by atoms with E-state index in [2.05, 4.69) is 12.2 Å². The van der Waals surface area contributed by atoms with E-state index in [0.29, 0.717) is 6.42 Å². The van der Waals surface area contributed by atoms with Crippen molar-refractivity contribution in [3.05, 3.63) is 29.3 Å². The van der Waals surface area contributed by atoms with E-state index < -0.39 is 0 Å². The van der Waals surface area contributed by atoms with Crippen LogP contribution in [0.2, 0.25) is 0 Å². The molecule has 0 aliphatic carbocycles. The Labute approximate surface area is 89.7 Å². The van der Waals surface area contributed by atoms with E-state index in [-0.39, 0.29) is 11.3 Å². The number of benzene rings is 1. The minimum atomic E-state index is -0.0745. The van der Waals surface area contributed by atoms with Crippen molar-refractivity contribution in [1.82, 2.24) is 5.32 Å². The van der Waals surface area contributed by atoms with Gasteiger partial charge in [-0.3, -0.25) is 4.79 Å². The number of aryl methyl sites for hydroxylation is 1. The molecule has 1 aliphatic rings. The highest BCUT2D eigenvalue weighted by molar-refractivity contribution is 5.80. The van der Waals surface area contributed by atoms with E-state index in [1.807, 2.05) is 25.1 Å². The highest BCUT2D eigenvalue weighted by Gasteiger charge is 2.36. The summed E-state index contributed by atoms with van der Waals surface area (Å²) in [4.78, 5) is 11.3. The Kier molecular flexibility index (Phi) is 2.18. The molecular formula is C12H16N2O. The fraction of sp³-hybridized carbons (Fsp3) is 0.417. The lowest BCUT2D eigenvalue weighted by Crippen LogP contribution is -2.25. The van der Waals surface area contributed by atoms with Crippen molar-refractivity contribution in [2.75, 3.05) is 12.3 Å². The lowest BCUT2D eigenvalue weighted by molar-refractivity contribution is -0.119. The first-order valence-corrected chi connectivity index (χ1v) is 5.15. The van der Waals surface area contributed by atoms with Crippen LogP contribution in [-0.4, -0.2) is 12.5 Å². The summed E-state index contributed by atoms with van der Waals surface area (Å²) in [6.45, 7) is 4.87. The first kappa shape index (κ1) is 10.0. The van der Waals surface area contributed by atoms with Gasteiger partial charge in [0.25, 0.3) is 0 Å². The van der Waals surface area contributed by atoms with Crippen LogP contribution in [-0.2, 0) is 10.2 Å². The molecule has 1 aromatic rings. The Morgan fingerprint density at radius 1 is 1.47 bits per heavy atom. The average molecular weight is 204 g/mol. The van der Waals surface area contributed by atoms with Gasteiger partial charge in [-0.15, -0.1) is 0 Å². The van der Waals surface area contributed by atoms with Crippen molar-refractivity contribution >= 4 is 11.6 Å². The van der Waals surface area contributed by atoms with E-state index in [0.717, 1.165) is 17.8 Å². The predicted octanol–water partition coefficient (Wildman–Crippen LogP) is 1.35. The molecule has 3 nitrogen and oxygen atoms in total. The third-order valence-electron chi connectivity index (χ3n) is 3.13. The van der Waals surface area contributed by atoms with Crippen LogP contribution in [0.25, 0.3) is 0 Å². The van der Waals surface area contributed by atoms with Gasteiger partial charge in [-0.25, -0.2) is 0 Å². The molecule has 1 atom stereocenters. The number of nitrogen functional groups attached to an aromatic ring is 1. The second-order valence-corrected chi connectivity index (χ2v) is 4.59. The van der Waals surface area contributed by atoms with Gasteiger partial charge in [0, 0.05) is 24.1 Å². The van der Waals surface area contributed by atoms with Crippen molar-refractivity contribution in [1.29, 1.82) is 0 Å². The van der Waals surface area contributed by atoms with Crippen LogP contribution >= 0.6 is 0 Å². The van der Waals surface area contributed by atoms with Gasteiger partial charge >= 0.3 is 0 Å². The van der Waals surface area contributed by atoms with Crippen molar-refractivity contribution in [2.45, 2.75) is 25.7 Å². The van der Waals surface area contributed by atoms with Gasteiger partial charge in [0.15, 0.2) is 0 Å². The first-order valence-electron chi connectivity index (χ1n) is 5.15. The number of amides is 1. The zero-order chi connectivity index (χ0) is 11.1. The fourth-order valence-electron chi connectivity index (χ4n) is 2.33. The van der Waals surface area contributed by atoms with Crippen molar-refractivity contribution in [2.24, 2.45) is 0 Å². The van der Waals surface area contributed by atoms with Gasteiger partial charge in [-0.2, -0.15) is 0 Å². The molecule has 0 aromatic heterocycles. The third kappa shape index (κ3) is 1.69. The van der Waals surface area contributed by atoms with Crippen LogP contribution in [0.4, 0.5) is 5.69 Å². The molecular weight excluding hydrogens is 188 g/mol. The molecule has 1 saturated heterocycles. The van der Waals surface area contributed by atoms with Gasteiger partial charge in [0.05, 0.1) is 0 Å². The molecule has 0 saturated carbocycles. The van der Waals surface area contributed by atoms with Crippen molar-refractivity contribution in [3.63, 3.8) is 0 Å². The molecule has 3 N–H and O–H groups in total. The number of anilines is 1. The van der Waals surface area contributed by atoms with Crippen LogP contribution in [0.15, 0.2) is 18.2 Å².